The quantitative estimate of drug-likeness (QED) is 0.614. The molecule has 1 aromatic carbocycles. The predicted octanol–water partition coefficient (Wildman–Crippen LogP) is 2.40. The zero-order valence-corrected chi connectivity index (χ0v) is 12.4. The molecule has 1 aromatic rings. The van der Waals surface area contributed by atoms with Crippen molar-refractivity contribution >= 4 is 5.69 Å². The Kier molecular flexibility index (Phi) is 6.15. The van der Waals surface area contributed by atoms with Crippen LogP contribution < -0.4 is 10.5 Å². The number of hydrogen-bond acceptors (Lipinski definition) is 4. The number of nitrogens with two attached hydrogens (primary N) is 1. The summed E-state index contributed by atoms with van der Waals surface area (Å²) in [5.74, 6) is 1.48. The highest BCUT2D eigenvalue weighted by molar-refractivity contribution is 5.51. The van der Waals surface area contributed by atoms with Gasteiger partial charge in [0, 0.05) is 19.7 Å². The van der Waals surface area contributed by atoms with Crippen LogP contribution >= 0.6 is 0 Å². The Labute approximate surface area is 121 Å². The number of benzene rings is 1. The number of hydrogen-bond donors (Lipinski definition) is 1. The van der Waals surface area contributed by atoms with Crippen molar-refractivity contribution in [3.8, 4) is 5.75 Å². The maximum absolute atomic E-state index is 5.84. The third-order valence-electron chi connectivity index (χ3n) is 3.69. The fraction of sp³-hybridized carbons (Fsp3) is 0.625. The second kappa shape index (κ2) is 8.12. The number of ether oxygens (including phenoxy) is 2. The van der Waals surface area contributed by atoms with Crippen LogP contribution in [0.15, 0.2) is 24.3 Å². The predicted molar refractivity (Wildman–Crippen MR) is 82.0 cm³/mol. The van der Waals surface area contributed by atoms with Gasteiger partial charge in [0.1, 0.15) is 5.75 Å². The van der Waals surface area contributed by atoms with E-state index >= 15 is 0 Å². The van der Waals surface area contributed by atoms with Crippen molar-refractivity contribution in [1.29, 1.82) is 0 Å². The lowest BCUT2D eigenvalue weighted by molar-refractivity contribution is 0.0415. The lowest BCUT2D eigenvalue weighted by Crippen LogP contribution is -2.32. The van der Waals surface area contributed by atoms with Crippen molar-refractivity contribution in [3.05, 3.63) is 24.3 Å². The first-order valence-corrected chi connectivity index (χ1v) is 7.49. The summed E-state index contributed by atoms with van der Waals surface area (Å²) in [5, 5.41) is 0. The fourth-order valence-electron chi connectivity index (χ4n) is 2.61. The maximum atomic E-state index is 5.84. The van der Waals surface area contributed by atoms with E-state index in [1.54, 1.807) is 0 Å². The van der Waals surface area contributed by atoms with Crippen LogP contribution in [0.4, 0.5) is 5.69 Å². The molecule has 2 N–H and O–H groups in total. The Morgan fingerprint density at radius 3 is 3.00 bits per heavy atom. The van der Waals surface area contributed by atoms with Crippen LogP contribution in [-0.4, -0.2) is 44.9 Å². The van der Waals surface area contributed by atoms with Gasteiger partial charge in [-0.1, -0.05) is 12.1 Å². The minimum atomic E-state index is 0.694. The van der Waals surface area contributed by atoms with Crippen LogP contribution in [-0.2, 0) is 4.74 Å². The van der Waals surface area contributed by atoms with E-state index < -0.39 is 0 Å². The largest absolute Gasteiger partial charge is 0.491 e. The third kappa shape index (κ3) is 5.02. The number of para-hydroxylation sites is 2. The van der Waals surface area contributed by atoms with Gasteiger partial charge in [0.05, 0.1) is 18.9 Å². The highest BCUT2D eigenvalue weighted by atomic mass is 16.5. The van der Waals surface area contributed by atoms with Crippen molar-refractivity contribution in [3.63, 3.8) is 0 Å². The first-order chi connectivity index (χ1) is 9.75. The summed E-state index contributed by atoms with van der Waals surface area (Å²) in [6, 6.07) is 7.64. The van der Waals surface area contributed by atoms with Gasteiger partial charge in [0.25, 0.3) is 0 Å². The molecule has 0 spiro atoms. The highest BCUT2D eigenvalue weighted by Crippen LogP contribution is 2.19. The molecule has 20 heavy (non-hydrogen) atoms. The zero-order chi connectivity index (χ0) is 14.2. The van der Waals surface area contributed by atoms with E-state index in [2.05, 4.69) is 11.9 Å². The molecule has 0 radical (unpaired) electrons. The molecule has 1 fully saturated rings. The van der Waals surface area contributed by atoms with E-state index in [0.29, 0.717) is 18.2 Å². The van der Waals surface area contributed by atoms with Crippen molar-refractivity contribution in [2.75, 3.05) is 45.7 Å². The van der Waals surface area contributed by atoms with Gasteiger partial charge < -0.3 is 20.1 Å². The summed E-state index contributed by atoms with van der Waals surface area (Å²) in [5.41, 5.74) is 6.55. The van der Waals surface area contributed by atoms with Crippen LogP contribution in [0.3, 0.4) is 0 Å². The molecule has 1 heterocycles. The summed E-state index contributed by atoms with van der Waals surface area (Å²) < 4.78 is 11.2. The standard InChI is InChI=1S/C16H26N2O2/c1-18(12-14-6-4-10-19-13-14)9-5-11-20-16-8-3-2-7-15(16)17/h2-3,7-8,14H,4-6,9-13,17H2,1H3. The molecule has 2 rings (SSSR count). The van der Waals surface area contributed by atoms with Gasteiger partial charge in [-0.05, 0) is 44.4 Å². The monoisotopic (exact) mass is 278 g/mol. The molecule has 1 saturated heterocycles. The van der Waals surface area contributed by atoms with Crippen LogP contribution in [0.5, 0.6) is 5.75 Å². The first-order valence-electron chi connectivity index (χ1n) is 7.49. The number of nitrogen functional groups attached to an aromatic ring is 1. The minimum absolute atomic E-state index is 0.694. The topological polar surface area (TPSA) is 47.7 Å². The Morgan fingerprint density at radius 2 is 2.25 bits per heavy atom. The molecule has 4 nitrogen and oxygen atoms in total. The molecule has 0 saturated carbocycles. The molecule has 0 bridgehead atoms. The van der Waals surface area contributed by atoms with Crippen LogP contribution in [0.25, 0.3) is 0 Å². The zero-order valence-electron chi connectivity index (χ0n) is 12.4. The normalized spacial score (nSPS) is 19.2. The first kappa shape index (κ1) is 15.1. The van der Waals surface area contributed by atoms with Gasteiger partial charge in [-0.25, -0.2) is 0 Å². The van der Waals surface area contributed by atoms with E-state index in [4.69, 9.17) is 15.2 Å². The van der Waals surface area contributed by atoms with Gasteiger partial charge >= 0.3 is 0 Å². The van der Waals surface area contributed by atoms with Crippen molar-refractivity contribution < 1.29 is 9.47 Å². The molecule has 1 aliphatic rings. The fourth-order valence-corrected chi connectivity index (χ4v) is 2.61. The molecule has 0 amide bonds. The summed E-state index contributed by atoms with van der Waals surface area (Å²) in [6.07, 6.45) is 3.51. The molecule has 1 aliphatic heterocycles. The Morgan fingerprint density at radius 1 is 1.40 bits per heavy atom. The van der Waals surface area contributed by atoms with Gasteiger partial charge in [0.2, 0.25) is 0 Å². The Balaban J connectivity index is 1.59. The van der Waals surface area contributed by atoms with E-state index in [1.807, 2.05) is 24.3 Å². The second-order valence-electron chi connectivity index (χ2n) is 5.59. The molecular weight excluding hydrogens is 252 g/mol. The van der Waals surface area contributed by atoms with E-state index in [-0.39, 0.29) is 0 Å². The molecule has 0 aliphatic carbocycles. The van der Waals surface area contributed by atoms with E-state index in [1.165, 1.54) is 12.8 Å². The summed E-state index contributed by atoms with van der Waals surface area (Å²) in [6.45, 7) is 4.73. The summed E-state index contributed by atoms with van der Waals surface area (Å²) >= 11 is 0. The molecule has 1 atom stereocenters. The lowest BCUT2D eigenvalue weighted by Gasteiger charge is -2.27. The van der Waals surface area contributed by atoms with Crippen molar-refractivity contribution in [1.82, 2.24) is 4.90 Å². The molecule has 0 aromatic heterocycles. The Bertz CT molecular complexity index is 392. The number of rotatable bonds is 7. The highest BCUT2D eigenvalue weighted by Gasteiger charge is 2.15. The average Bonchev–Trinajstić information content (AvgIpc) is 2.46. The molecule has 4 heteroatoms. The van der Waals surface area contributed by atoms with Crippen molar-refractivity contribution in [2.45, 2.75) is 19.3 Å². The van der Waals surface area contributed by atoms with Gasteiger partial charge in [0.15, 0.2) is 0 Å². The van der Waals surface area contributed by atoms with E-state index in [0.717, 1.165) is 38.5 Å². The molecule has 1 unspecified atom stereocenters. The van der Waals surface area contributed by atoms with E-state index in [9.17, 15) is 0 Å². The van der Waals surface area contributed by atoms with Gasteiger partial charge in [-0.3, -0.25) is 0 Å². The molecule has 112 valence electrons. The van der Waals surface area contributed by atoms with Crippen LogP contribution in [0, 0.1) is 5.92 Å². The number of nitrogens with zero attached hydrogens (tertiary/aromatic N) is 1. The third-order valence-corrected chi connectivity index (χ3v) is 3.69. The van der Waals surface area contributed by atoms with Gasteiger partial charge in [-0.15, -0.1) is 0 Å². The smallest absolute Gasteiger partial charge is 0.142 e. The Hall–Kier alpha value is -1.26. The molecular formula is C16H26N2O2. The van der Waals surface area contributed by atoms with Crippen LogP contribution in [0.2, 0.25) is 0 Å². The average molecular weight is 278 g/mol. The number of anilines is 1. The van der Waals surface area contributed by atoms with Crippen molar-refractivity contribution in [2.24, 2.45) is 5.92 Å². The second-order valence-corrected chi connectivity index (χ2v) is 5.59. The maximum Gasteiger partial charge on any atom is 0.142 e. The summed E-state index contributed by atoms with van der Waals surface area (Å²) in [7, 11) is 2.17. The lowest BCUT2D eigenvalue weighted by atomic mass is 10.0. The van der Waals surface area contributed by atoms with Gasteiger partial charge in [-0.2, -0.15) is 0 Å². The SMILES string of the molecule is CN(CCCOc1ccccc1N)CC1CCCOC1. The van der Waals surface area contributed by atoms with Crippen LogP contribution in [0.1, 0.15) is 19.3 Å². The summed E-state index contributed by atoms with van der Waals surface area (Å²) in [4.78, 5) is 2.37. The minimum Gasteiger partial charge on any atom is -0.491 e.